The van der Waals surface area contributed by atoms with Gasteiger partial charge in [0.15, 0.2) is 0 Å². The van der Waals surface area contributed by atoms with E-state index in [0.717, 1.165) is 41.8 Å². The molecule has 7 heteroatoms. The van der Waals surface area contributed by atoms with E-state index in [1.54, 1.807) is 10.7 Å². The van der Waals surface area contributed by atoms with Crippen LogP contribution in [0.3, 0.4) is 0 Å². The highest BCUT2D eigenvalue weighted by atomic mass is 16.5. The van der Waals surface area contributed by atoms with Crippen molar-refractivity contribution in [2.24, 2.45) is 0 Å². The number of pyridine rings is 2. The van der Waals surface area contributed by atoms with Crippen LogP contribution in [-0.4, -0.2) is 31.3 Å². The van der Waals surface area contributed by atoms with Crippen LogP contribution in [0.15, 0.2) is 41.3 Å². The SMILES string of the molecule is Cc1ncc2c(c1-c1noc(-c3cnn4ccccc34)n1)CCNC2. The molecule has 0 spiro atoms. The molecule has 4 aromatic rings. The third-order valence-electron chi connectivity index (χ3n) is 4.64. The van der Waals surface area contributed by atoms with Crippen LogP contribution in [0, 0.1) is 6.92 Å². The number of nitrogens with one attached hydrogen (secondary N) is 1. The van der Waals surface area contributed by atoms with Crippen LogP contribution in [0.4, 0.5) is 0 Å². The second-order valence-corrected chi connectivity index (χ2v) is 6.16. The summed E-state index contributed by atoms with van der Waals surface area (Å²) in [5, 5.41) is 11.9. The van der Waals surface area contributed by atoms with Crippen molar-refractivity contribution in [3.05, 3.63) is 53.6 Å². The Kier molecular flexibility index (Phi) is 3.14. The lowest BCUT2D eigenvalue weighted by Gasteiger charge is -2.19. The van der Waals surface area contributed by atoms with E-state index < -0.39 is 0 Å². The van der Waals surface area contributed by atoms with E-state index in [-0.39, 0.29) is 0 Å². The maximum Gasteiger partial charge on any atom is 0.262 e. The summed E-state index contributed by atoms with van der Waals surface area (Å²) in [6.07, 6.45) is 6.52. The van der Waals surface area contributed by atoms with Crippen molar-refractivity contribution in [2.45, 2.75) is 19.9 Å². The molecule has 7 nitrogen and oxygen atoms in total. The highest BCUT2D eigenvalue weighted by Gasteiger charge is 2.22. The zero-order chi connectivity index (χ0) is 16.8. The van der Waals surface area contributed by atoms with Crippen molar-refractivity contribution in [1.29, 1.82) is 0 Å². The third kappa shape index (κ3) is 2.24. The van der Waals surface area contributed by atoms with Gasteiger partial charge in [-0.25, -0.2) is 4.52 Å². The monoisotopic (exact) mass is 332 g/mol. The Labute approximate surface area is 143 Å². The Hall–Kier alpha value is -3.06. The van der Waals surface area contributed by atoms with Crippen LogP contribution in [0.5, 0.6) is 0 Å². The fraction of sp³-hybridized carbons (Fsp3) is 0.222. The Bertz CT molecular complexity index is 1080. The number of rotatable bonds is 2. The Morgan fingerprint density at radius 1 is 1.24 bits per heavy atom. The molecule has 25 heavy (non-hydrogen) atoms. The highest BCUT2D eigenvalue weighted by Crippen LogP contribution is 2.31. The first-order chi connectivity index (χ1) is 12.3. The number of hydrogen-bond acceptors (Lipinski definition) is 6. The summed E-state index contributed by atoms with van der Waals surface area (Å²) in [4.78, 5) is 9.16. The Morgan fingerprint density at radius 3 is 3.16 bits per heavy atom. The quantitative estimate of drug-likeness (QED) is 0.607. The van der Waals surface area contributed by atoms with Crippen molar-refractivity contribution in [3.63, 3.8) is 0 Å². The topological polar surface area (TPSA) is 81.1 Å². The summed E-state index contributed by atoms with van der Waals surface area (Å²) in [7, 11) is 0. The molecule has 0 saturated heterocycles. The van der Waals surface area contributed by atoms with E-state index in [1.165, 1.54) is 11.1 Å². The van der Waals surface area contributed by atoms with Gasteiger partial charge in [-0.1, -0.05) is 11.2 Å². The number of aryl methyl sites for hydroxylation is 1. The molecule has 0 fully saturated rings. The van der Waals surface area contributed by atoms with Gasteiger partial charge in [0.05, 0.1) is 17.3 Å². The van der Waals surface area contributed by atoms with Crippen molar-refractivity contribution in [3.8, 4) is 22.8 Å². The average Bonchev–Trinajstić information content (AvgIpc) is 3.28. The van der Waals surface area contributed by atoms with Crippen molar-refractivity contribution in [2.75, 3.05) is 6.54 Å². The van der Waals surface area contributed by atoms with E-state index in [4.69, 9.17) is 4.52 Å². The first-order valence-corrected chi connectivity index (χ1v) is 8.26. The van der Waals surface area contributed by atoms with Gasteiger partial charge in [0.2, 0.25) is 5.82 Å². The Morgan fingerprint density at radius 2 is 2.20 bits per heavy atom. The molecular formula is C18H16N6O. The molecule has 1 aliphatic rings. The second kappa shape index (κ2) is 5.49. The molecule has 0 saturated carbocycles. The predicted molar refractivity (Wildman–Crippen MR) is 91.9 cm³/mol. The standard InChI is InChI=1S/C18H16N6O/c1-11-16(13-5-6-19-8-12(13)9-20-11)17-22-18(25-23-17)14-10-21-24-7-3-2-4-15(14)24/h2-4,7,9-10,19H,5-6,8H2,1H3. The summed E-state index contributed by atoms with van der Waals surface area (Å²) in [5.41, 5.74) is 6.15. The average molecular weight is 332 g/mol. The molecule has 0 aliphatic carbocycles. The third-order valence-corrected chi connectivity index (χ3v) is 4.64. The summed E-state index contributed by atoms with van der Waals surface area (Å²) in [5.74, 6) is 1.07. The molecule has 0 radical (unpaired) electrons. The molecule has 4 aromatic heterocycles. The van der Waals surface area contributed by atoms with Gasteiger partial charge in [0, 0.05) is 30.2 Å². The maximum atomic E-state index is 5.56. The van der Waals surface area contributed by atoms with Crippen molar-refractivity contribution in [1.82, 2.24) is 30.1 Å². The molecule has 0 aromatic carbocycles. The molecule has 1 aliphatic heterocycles. The van der Waals surface area contributed by atoms with Gasteiger partial charge >= 0.3 is 0 Å². The minimum atomic E-state index is 0.474. The lowest BCUT2D eigenvalue weighted by molar-refractivity contribution is 0.432. The molecule has 0 bridgehead atoms. The first kappa shape index (κ1) is 14.3. The highest BCUT2D eigenvalue weighted by molar-refractivity contribution is 5.76. The lowest BCUT2D eigenvalue weighted by atomic mass is 9.95. The van der Waals surface area contributed by atoms with E-state index in [0.29, 0.717) is 11.7 Å². The van der Waals surface area contributed by atoms with Crippen LogP contribution in [0.1, 0.15) is 16.8 Å². The largest absolute Gasteiger partial charge is 0.333 e. The van der Waals surface area contributed by atoms with E-state index >= 15 is 0 Å². The van der Waals surface area contributed by atoms with Gasteiger partial charge < -0.3 is 9.84 Å². The summed E-state index contributed by atoms with van der Waals surface area (Å²) in [6, 6.07) is 5.88. The normalized spacial score (nSPS) is 14.0. The first-order valence-electron chi connectivity index (χ1n) is 8.26. The molecule has 124 valence electrons. The van der Waals surface area contributed by atoms with Gasteiger partial charge in [-0.15, -0.1) is 0 Å². The van der Waals surface area contributed by atoms with Gasteiger partial charge in [-0.05, 0) is 43.1 Å². The maximum absolute atomic E-state index is 5.56. The van der Waals surface area contributed by atoms with Crippen LogP contribution >= 0.6 is 0 Å². The zero-order valence-corrected chi connectivity index (χ0v) is 13.7. The number of aromatic nitrogens is 5. The van der Waals surface area contributed by atoms with Gasteiger partial charge in [0.25, 0.3) is 5.89 Å². The van der Waals surface area contributed by atoms with Crippen LogP contribution in [0.2, 0.25) is 0 Å². The number of fused-ring (bicyclic) bond motifs is 2. The fourth-order valence-corrected chi connectivity index (χ4v) is 3.40. The van der Waals surface area contributed by atoms with Crippen LogP contribution < -0.4 is 5.32 Å². The van der Waals surface area contributed by atoms with Gasteiger partial charge in [0.1, 0.15) is 0 Å². The fourth-order valence-electron chi connectivity index (χ4n) is 3.40. The van der Waals surface area contributed by atoms with Crippen molar-refractivity contribution >= 4 is 5.52 Å². The smallest absolute Gasteiger partial charge is 0.262 e. The van der Waals surface area contributed by atoms with E-state index in [9.17, 15) is 0 Å². The predicted octanol–water partition coefficient (Wildman–Crippen LogP) is 2.40. The molecule has 5 heterocycles. The Balaban J connectivity index is 1.64. The summed E-state index contributed by atoms with van der Waals surface area (Å²) in [6.45, 7) is 3.76. The van der Waals surface area contributed by atoms with Crippen LogP contribution in [-0.2, 0) is 13.0 Å². The zero-order valence-electron chi connectivity index (χ0n) is 13.7. The van der Waals surface area contributed by atoms with E-state index in [1.807, 2.05) is 37.5 Å². The van der Waals surface area contributed by atoms with Crippen LogP contribution in [0.25, 0.3) is 28.4 Å². The minimum Gasteiger partial charge on any atom is -0.333 e. The van der Waals surface area contributed by atoms with Crippen molar-refractivity contribution < 1.29 is 4.52 Å². The summed E-state index contributed by atoms with van der Waals surface area (Å²) < 4.78 is 7.35. The lowest BCUT2D eigenvalue weighted by Crippen LogP contribution is -2.24. The molecule has 0 amide bonds. The molecule has 1 N–H and O–H groups in total. The molecule has 0 atom stereocenters. The van der Waals surface area contributed by atoms with E-state index in [2.05, 4.69) is 25.5 Å². The van der Waals surface area contributed by atoms with Gasteiger partial charge in [-0.3, -0.25) is 4.98 Å². The number of nitrogens with zero attached hydrogens (tertiary/aromatic N) is 5. The second-order valence-electron chi connectivity index (χ2n) is 6.16. The molecule has 5 rings (SSSR count). The number of hydrogen-bond donors (Lipinski definition) is 1. The molecular weight excluding hydrogens is 316 g/mol. The minimum absolute atomic E-state index is 0.474. The van der Waals surface area contributed by atoms with Gasteiger partial charge in [-0.2, -0.15) is 10.1 Å². The molecule has 0 unspecified atom stereocenters. The summed E-state index contributed by atoms with van der Waals surface area (Å²) >= 11 is 0.